The topological polar surface area (TPSA) is 369 Å². The maximum Gasteiger partial charge on any atom is 0.251 e. The van der Waals surface area contributed by atoms with Gasteiger partial charge in [0.15, 0.2) is 18.7 Å². The van der Waals surface area contributed by atoms with E-state index in [2.05, 4.69) is 57.1 Å². The van der Waals surface area contributed by atoms with Gasteiger partial charge >= 0.3 is 0 Å². The summed E-state index contributed by atoms with van der Waals surface area (Å²) in [5.74, 6) is -0.390. The molecule has 15 N–H and O–H groups in total. The first kappa shape index (κ1) is 70.1. The summed E-state index contributed by atoms with van der Waals surface area (Å²) < 4.78 is 10.5. The Morgan fingerprint density at radius 2 is 1.09 bits per heavy atom. The van der Waals surface area contributed by atoms with Gasteiger partial charge in [-0.2, -0.15) is 0 Å². The highest BCUT2D eigenvalue weighted by Gasteiger charge is 2.68. The van der Waals surface area contributed by atoms with Gasteiger partial charge < -0.3 is 86.3 Å². The van der Waals surface area contributed by atoms with Gasteiger partial charge in [0, 0.05) is 44.9 Å². The van der Waals surface area contributed by atoms with Crippen LogP contribution in [-0.2, 0) is 28.7 Å². The Hall–Kier alpha value is -2.23. The fourth-order valence-corrected chi connectivity index (χ4v) is 21.2. The van der Waals surface area contributed by atoms with Crippen molar-refractivity contribution in [1.82, 2.24) is 15.5 Å². The van der Waals surface area contributed by atoms with Gasteiger partial charge in [-0.1, -0.05) is 48.5 Å². The van der Waals surface area contributed by atoms with Crippen LogP contribution in [0.5, 0.6) is 0 Å². The minimum Gasteiger partial charge on any atom is -0.393 e. The van der Waals surface area contributed by atoms with E-state index in [1.807, 2.05) is 0 Å². The highest BCUT2D eigenvalue weighted by molar-refractivity contribution is 5.81. The number of aliphatic hydroxyl groups excluding tert-OH is 12. The van der Waals surface area contributed by atoms with Crippen molar-refractivity contribution in [2.45, 2.75) is 263 Å². The summed E-state index contributed by atoms with van der Waals surface area (Å²) >= 11 is 0. The number of rotatable bonds is 24. The normalized spacial score (nSPS) is 45.8. The molecule has 8 saturated carbocycles. The number of aliphatic hydroxyl groups is 12. The van der Waals surface area contributed by atoms with E-state index >= 15 is 0 Å². The Morgan fingerprint density at radius 1 is 0.602 bits per heavy atom. The Morgan fingerprint density at radius 3 is 1.59 bits per heavy atom. The third-order valence-corrected chi connectivity index (χ3v) is 26.6. The highest BCUT2D eigenvalue weighted by Crippen LogP contribution is 2.70. The van der Waals surface area contributed by atoms with E-state index in [-0.39, 0.29) is 144 Å². The molecule has 9 rings (SSSR count). The Balaban J connectivity index is 0.775. The molecule has 88 heavy (non-hydrogen) atoms. The monoisotopic (exact) mass is 1250 g/mol. The maximum absolute atomic E-state index is 14.4. The van der Waals surface area contributed by atoms with Crippen LogP contribution in [-0.4, -0.2) is 208 Å². The molecule has 3 amide bonds. The zero-order valence-corrected chi connectivity index (χ0v) is 53.5. The van der Waals surface area contributed by atoms with Gasteiger partial charge in [-0.3, -0.25) is 14.4 Å². The van der Waals surface area contributed by atoms with Gasteiger partial charge in [-0.05, 0) is 208 Å². The van der Waals surface area contributed by atoms with E-state index in [9.17, 15) is 75.7 Å². The SMILES string of the molecule is CC(CCC(=O)NCCCN(CCCNC(=O)C(O)C(O)C(O)C(O)COC1OC(OO)C(C)C(O)[C@H]1O)C(=O)CCC(C)C1CCC2C3C(C[C@H](O)[C@]12C)[C@@]1(C)CC[C@@H](O)CC1C[C@H]3O)C1CCC2C3C(C[C@H](O)[C@]12C)[C@@]1(C)CC[C@@H](O)CC1C[C@H]3O. The molecule has 22 heteroatoms. The number of hydrogen-bond donors (Lipinski definition) is 15. The van der Waals surface area contributed by atoms with Gasteiger partial charge in [0.2, 0.25) is 11.8 Å². The zero-order chi connectivity index (χ0) is 64.1. The zero-order valence-electron chi connectivity index (χ0n) is 53.5. The van der Waals surface area contributed by atoms with Crippen LogP contribution in [0, 0.1) is 98.6 Å². The van der Waals surface area contributed by atoms with Crippen LogP contribution >= 0.6 is 0 Å². The summed E-state index contributed by atoms with van der Waals surface area (Å²) in [6.07, 6.45) is -4.07. The van der Waals surface area contributed by atoms with Crippen molar-refractivity contribution < 1.29 is 95.3 Å². The number of nitrogens with zero attached hydrogens (tertiary/aromatic N) is 1. The molecule has 0 spiro atoms. The molecule has 9 aliphatic rings. The van der Waals surface area contributed by atoms with Gasteiger partial charge in [0.1, 0.15) is 24.4 Å². The smallest absolute Gasteiger partial charge is 0.251 e. The van der Waals surface area contributed by atoms with E-state index in [4.69, 9.17) is 14.7 Å². The molecule has 1 heterocycles. The number of carbonyl (C=O) groups excluding carboxylic acids is 3. The van der Waals surface area contributed by atoms with Crippen LogP contribution in [0.3, 0.4) is 0 Å². The minimum absolute atomic E-state index is 0.0193. The Kier molecular flexibility index (Phi) is 22.6. The van der Waals surface area contributed by atoms with Crippen LogP contribution in [0.1, 0.15) is 177 Å². The minimum atomic E-state index is -2.21. The van der Waals surface area contributed by atoms with Crippen molar-refractivity contribution >= 4 is 17.7 Å². The van der Waals surface area contributed by atoms with E-state index in [1.54, 1.807) is 4.90 Å². The second-order valence-electron chi connectivity index (χ2n) is 31.0. The number of fused-ring (bicyclic) bond motifs is 10. The lowest BCUT2D eigenvalue weighted by atomic mass is 9.43. The standard InChI is InChI=1S/C66H113N3O19/c1-33(40-12-14-42-53-44(30-49(75)65(40,42)6)63(4)20-18-38(70)26-36(63)28-46(53)72)10-16-51(77)67-22-8-24-69(25-9-23-68-60(84)58(82)57(81)56(80)48(74)32-86-62-59(83)55(79)35(3)61(87-62)88-85)52(78)17-11-34(2)41-13-15-43-54-45(31-50(76)66(41,43)7)64(5)21-19-39(71)27-37(64)29-47(54)73/h33-50,53-59,61-62,70-76,79-83,85H,8-32H2,1-7H3,(H,67,77)(H,68,84)/t33?,34?,35?,36?,37?,38-,39-,40?,41?,42?,43?,44?,45?,46-,47-,48?,49+,50+,53?,54?,55?,56?,57?,58?,59-,61?,62?,63+,64+,65-,66-/m1/s1. The van der Waals surface area contributed by atoms with Gasteiger partial charge in [-0.25, -0.2) is 10.1 Å². The first-order valence-corrected chi connectivity index (χ1v) is 34.1. The van der Waals surface area contributed by atoms with Crippen molar-refractivity contribution in [1.29, 1.82) is 0 Å². The highest BCUT2D eigenvalue weighted by atomic mass is 17.1. The Labute approximate surface area is 520 Å². The van der Waals surface area contributed by atoms with E-state index in [0.717, 1.165) is 51.4 Å². The fourth-order valence-electron chi connectivity index (χ4n) is 21.2. The average Bonchev–Trinajstić information content (AvgIpc) is 1.32. The van der Waals surface area contributed by atoms with Gasteiger partial charge in [0.25, 0.3) is 5.91 Å². The number of ether oxygens (including phenoxy) is 2. The number of amides is 3. The summed E-state index contributed by atoms with van der Waals surface area (Å²) in [6, 6.07) is 0. The number of nitrogens with one attached hydrogen (secondary N) is 2. The number of carbonyl (C=O) groups is 3. The second kappa shape index (κ2) is 28.4. The fraction of sp³-hybridized carbons (Fsp3) is 0.955. The molecule has 22 nitrogen and oxygen atoms in total. The molecular formula is C66H113N3O19. The van der Waals surface area contributed by atoms with E-state index < -0.39 is 97.5 Å². The molecule has 506 valence electrons. The molecule has 1 aliphatic heterocycles. The third kappa shape index (κ3) is 13.4. The summed E-state index contributed by atoms with van der Waals surface area (Å²) in [6.45, 7) is 14.8. The first-order valence-electron chi connectivity index (χ1n) is 34.1. The predicted octanol–water partition coefficient (Wildman–Crippen LogP) is 2.57. The summed E-state index contributed by atoms with van der Waals surface area (Å²) in [7, 11) is 0. The van der Waals surface area contributed by atoms with Crippen LogP contribution < -0.4 is 10.6 Å². The summed E-state index contributed by atoms with van der Waals surface area (Å²) in [4.78, 5) is 47.0. The first-order chi connectivity index (χ1) is 41.5. The molecule has 31 atom stereocenters. The molecule has 9 fully saturated rings. The quantitative estimate of drug-likeness (QED) is 0.0375. The Bertz CT molecular complexity index is 2340. The number of hydrogen-bond acceptors (Lipinski definition) is 19. The van der Waals surface area contributed by atoms with Crippen molar-refractivity contribution in [2.75, 3.05) is 32.8 Å². The average molecular weight is 1250 g/mol. The van der Waals surface area contributed by atoms with E-state index in [0.29, 0.717) is 70.8 Å². The van der Waals surface area contributed by atoms with Crippen molar-refractivity contribution in [2.24, 2.45) is 98.6 Å². The largest absolute Gasteiger partial charge is 0.393 e. The molecule has 0 aromatic rings. The molecule has 0 aromatic carbocycles. The molecule has 1 saturated heterocycles. The van der Waals surface area contributed by atoms with Crippen LogP contribution in [0.15, 0.2) is 0 Å². The lowest BCUT2D eigenvalue weighted by molar-refractivity contribution is -0.421. The molecule has 20 unspecified atom stereocenters. The molecular weight excluding hydrogens is 1140 g/mol. The molecule has 0 aromatic heterocycles. The summed E-state index contributed by atoms with van der Waals surface area (Å²) in [5.41, 5.74) is -0.909. The molecule has 0 bridgehead atoms. The van der Waals surface area contributed by atoms with Crippen LogP contribution in [0.4, 0.5) is 0 Å². The molecule has 8 aliphatic carbocycles. The second-order valence-corrected chi connectivity index (χ2v) is 31.0. The lowest BCUT2D eigenvalue weighted by Gasteiger charge is -2.63. The third-order valence-electron chi connectivity index (χ3n) is 26.6. The predicted molar refractivity (Wildman–Crippen MR) is 320 cm³/mol. The maximum atomic E-state index is 14.4. The van der Waals surface area contributed by atoms with Gasteiger partial charge in [-0.15, -0.1) is 0 Å². The lowest BCUT2D eigenvalue weighted by Crippen LogP contribution is -2.62. The molecule has 0 radical (unpaired) electrons. The van der Waals surface area contributed by atoms with Crippen molar-refractivity contribution in [3.8, 4) is 0 Å². The van der Waals surface area contributed by atoms with Crippen LogP contribution in [0.25, 0.3) is 0 Å². The van der Waals surface area contributed by atoms with E-state index in [1.165, 1.54) is 6.92 Å². The van der Waals surface area contributed by atoms with Crippen molar-refractivity contribution in [3.05, 3.63) is 0 Å². The summed E-state index contributed by atoms with van der Waals surface area (Å²) in [5, 5.41) is 147. The van der Waals surface area contributed by atoms with Crippen molar-refractivity contribution in [3.63, 3.8) is 0 Å². The van der Waals surface area contributed by atoms with Crippen LogP contribution in [0.2, 0.25) is 0 Å². The van der Waals surface area contributed by atoms with Gasteiger partial charge in [0.05, 0.1) is 49.3 Å².